The Morgan fingerprint density at radius 1 is 1.00 bits per heavy atom. The zero-order valence-corrected chi connectivity index (χ0v) is 8.53. The van der Waals surface area contributed by atoms with E-state index in [0.29, 0.717) is 0 Å². The van der Waals surface area contributed by atoms with Crippen molar-refractivity contribution in [3.63, 3.8) is 0 Å². The number of carbonyl (C=O) groups is 3. The van der Waals surface area contributed by atoms with E-state index in [9.17, 15) is 14.4 Å². The molecule has 0 amide bonds. The molecule has 7 nitrogen and oxygen atoms in total. The average molecular weight is 217 g/mol. The summed E-state index contributed by atoms with van der Waals surface area (Å²) in [7, 11) is 3.38. The number of esters is 3. The summed E-state index contributed by atoms with van der Waals surface area (Å²) < 4.78 is 13.2. The third kappa shape index (κ3) is 1.54. The minimum atomic E-state index is -1.74. The molecule has 0 radical (unpaired) electrons. The lowest BCUT2D eigenvalue weighted by molar-refractivity contribution is -0.158. The van der Waals surface area contributed by atoms with E-state index in [1.807, 2.05) is 0 Å². The van der Waals surface area contributed by atoms with Gasteiger partial charge < -0.3 is 14.2 Å². The maximum absolute atomic E-state index is 11.3. The third-order valence-electron chi connectivity index (χ3n) is 2.17. The first-order valence-electron chi connectivity index (χ1n) is 4.07. The minimum Gasteiger partial charge on any atom is -0.468 e. The molecule has 0 aromatic heterocycles. The van der Waals surface area contributed by atoms with Crippen molar-refractivity contribution in [3.05, 3.63) is 0 Å². The van der Waals surface area contributed by atoms with Gasteiger partial charge in [0.15, 0.2) is 0 Å². The van der Waals surface area contributed by atoms with Crippen molar-refractivity contribution >= 4 is 17.9 Å². The van der Waals surface area contributed by atoms with Crippen LogP contribution in [-0.2, 0) is 28.6 Å². The zero-order valence-electron chi connectivity index (χ0n) is 8.53. The van der Waals surface area contributed by atoms with Crippen LogP contribution in [0.4, 0.5) is 0 Å². The Bertz CT molecular complexity index is 296. The molecule has 1 unspecified atom stereocenters. The Labute approximate surface area is 85.7 Å². The van der Waals surface area contributed by atoms with Crippen LogP contribution >= 0.6 is 0 Å². The van der Waals surface area contributed by atoms with Crippen LogP contribution in [0.3, 0.4) is 0 Å². The van der Waals surface area contributed by atoms with Crippen LogP contribution in [-0.4, -0.2) is 50.8 Å². The van der Waals surface area contributed by atoms with Gasteiger partial charge in [-0.05, 0) is 0 Å². The maximum Gasteiger partial charge on any atom is 0.340 e. The van der Waals surface area contributed by atoms with E-state index in [0.717, 1.165) is 21.3 Å². The highest BCUT2D eigenvalue weighted by Gasteiger charge is 2.72. The summed E-state index contributed by atoms with van der Waals surface area (Å²) in [5.41, 5.74) is -1.74. The van der Waals surface area contributed by atoms with Gasteiger partial charge in [-0.25, -0.2) is 9.59 Å². The van der Waals surface area contributed by atoms with Gasteiger partial charge in [-0.15, -0.1) is 0 Å². The smallest absolute Gasteiger partial charge is 0.340 e. The zero-order chi connectivity index (χ0) is 11.6. The highest BCUT2D eigenvalue weighted by Crippen LogP contribution is 2.30. The summed E-state index contributed by atoms with van der Waals surface area (Å²) in [6, 6.07) is -1.04. The molecular formula is C8H11NO6. The molecule has 1 rings (SSSR count). The monoisotopic (exact) mass is 217 g/mol. The second-order valence-corrected chi connectivity index (χ2v) is 2.89. The van der Waals surface area contributed by atoms with Gasteiger partial charge in [0, 0.05) is 0 Å². The molecule has 1 N–H and O–H groups in total. The molecule has 0 saturated carbocycles. The number of carbonyl (C=O) groups excluding carboxylic acids is 3. The van der Waals surface area contributed by atoms with Crippen LogP contribution in [0.2, 0.25) is 0 Å². The fourth-order valence-electron chi connectivity index (χ4n) is 1.30. The van der Waals surface area contributed by atoms with Crippen molar-refractivity contribution in [2.24, 2.45) is 0 Å². The number of hydrogen-bond acceptors (Lipinski definition) is 7. The van der Waals surface area contributed by atoms with Crippen molar-refractivity contribution < 1.29 is 28.6 Å². The second kappa shape index (κ2) is 3.85. The van der Waals surface area contributed by atoms with Gasteiger partial charge in [0.1, 0.15) is 6.04 Å². The van der Waals surface area contributed by atoms with Crippen LogP contribution in [0.5, 0.6) is 0 Å². The molecule has 0 aromatic carbocycles. The van der Waals surface area contributed by atoms with Crippen molar-refractivity contribution in [3.8, 4) is 0 Å². The molecule has 0 spiro atoms. The van der Waals surface area contributed by atoms with E-state index in [1.54, 1.807) is 0 Å². The molecule has 1 aliphatic heterocycles. The van der Waals surface area contributed by atoms with Crippen LogP contribution in [0.1, 0.15) is 0 Å². The van der Waals surface area contributed by atoms with E-state index in [1.165, 1.54) is 0 Å². The normalized spacial score (nSPS) is 21.4. The molecule has 1 fully saturated rings. The number of ether oxygens (including phenoxy) is 3. The molecule has 1 heterocycles. The summed E-state index contributed by atoms with van der Waals surface area (Å²) in [5, 5.41) is 2.41. The molecule has 15 heavy (non-hydrogen) atoms. The SMILES string of the molecule is COC(=O)C1NC1(C(=O)OC)C(=O)OC. The molecule has 7 heteroatoms. The largest absolute Gasteiger partial charge is 0.468 e. The maximum atomic E-state index is 11.3. The second-order valence-electron chi connectivity index (χ2n) is 2.89. The molecule has 0 bridgehead atoms. The van der Waals surface area contributed by atoms with Crippen LogP contribution in [0.15, 0.2) is 0 Å². The summed E-state index contributed by atoms with van der Waals surface area (Å²) in [5.74, 6) is -2.46. The molecular weight excluding hydrogens is 206 g/mol. The highest BCUT2D eigenvalue weighted by molar-refractivity contribution is 6.15. The number of methoxy groups -OCH3 is 3. The topological polar surface area (TPSA) is 101 Å². The lowest BCUT2D eigenvalue weighted by Gasteiger charge is -2.08. The van der Waals surface area contributed by atoms with Crippen molar-refractivity contribution in [2.75, 3.05) is 21.3 Å². The fourth-order valence-corrected chi connectivity index (χ4v) is 1.30. The Kier molecular flexibility index (Phi) is 2.94. The Balaban J connectivity index is 2.90. The first-order valence-corrected chi connectivity index (χ1v) is 4.07. The van der Waals surface area contributed by atoms with Gasteiger partial charge >= 0.3 is 17.9 Å². The van der Waals surface area contributed by atoms with Crippen LogP contribution < -0.4 is 5.32 Å². The number of hydrogen-bond donors (Lipinski definition) is 1. The molecule has 0 aromatic rings. The molecule has 0 aliphatic carbocycles. The molecule has 1 atom stereocenters. The summed E-state index contributed by atoms with van der Waals surface area (Å²) in [6.07, 6.45) is 0. The van der Waals surface area contributed by atoms with Crippen LogP contribution in [0, 0.1) is 0 Å². The van der Waals surface area contributed by atoms with E-state index in [2.05, 4.69) is 19.5 Å². The van der Waals surface area contributed by atoms with Gasteiger partial charge in [-0.1, -0.05) is 0 Å². The predicted molar refractivity (Wildman–Crippen MR) is 45.7 cm³/mol. The standard InChI is InChI=1S/C8H11NO6/c1-13-5(10)4-8(9-4,6(11)14-2)7(12)15-3/h4,9H,1-3H3. The first-order chi connectivity index (χ1) is 7.04. The Morgan fingerprint density at radius 2 is 1.47 bits per heavy atom. The van der Waals surface area contributed by atoms with Crippen molar-refractivity contribution in [2.45, 2.75) is 11.6 Å². The number of nitrogens with one attached hydrogen (secondary N) is 1. The average Bonchev–Trinajstić information content (AvgIpc) is 3.02. The van der Waals surface area contributed by atoms with Crippen molar-refractivity contribution in [1.82, 2.24) is 5.32 Å². The highest BCUT2D eigenvalue weighted by atomic mass is 16.6. The third-order valence-corrected chi connectivity index (χ3v) is 2.17. The van der Waals surface area contributed by atoms with E-state index in [-0.39, 0.29) is 0 Å². The van der Waals surface area contributed by atoms with E-state index >= 15 is 0 Å². The van der Waals surface area contributed by atoms with Gasteiger partial charge in [0.05, 0.1) is 21.3 Å². The van der Waals surface area contributed by atoms with Gasteiger partial charge in [-0.3, -0.25) is 10.1 Å². The lowest BCUT2D eigenvalue weighted by Crippen LogP contribution is -2.42. The Hall–Kier alpha value is -1.63. The van der Waals surface area contributed by atoms with Crippen LogP contribution in [0.25, 0.3) is 0 Å². The summed E-state index contributed by atoms with van der Waals surface area (Å²) >= 11 is 0. The van der Waals surface area contributed by atoms with Gasteiger partial charge in [0.25, 0.3) is 0 Å². The lowest BCUT2D eigenvalue weighted by atomic mass is 10.1. The van der Waals surface area contributed by atoms with E-state index in [4.69, 9.17) is 0 Å². The molecule has 84 valence electrons. The summed E-state index contributed by atoms with van der Waals surface area (Å²) in [4.78, 5) is 33.8. The van der Waals surface area contributed by atoms with E-state index < -0.39 is 29.5 Å². The van der Waals surface area contributed by atoms with Gasteiger partial charge in [0.2, 0.25) is 5.54 Å². The summed E-state index contributed by atoms with van der Waals surface area (Å²) in [6.45, 7) is 0. The fraction of sp³-hybridized carbons (Fsp3) is 0.625. The van der Waals surface area contributed by atoms with Crippen molar-refractivity contribution in [1.29, 1.82) is 0 Å². The number of rotatable bonds is 3. The molecule has 1 aliphatic rings. The Morgan fingerprint density at radius 3 is 1.80 bits per heavy atom. The van der Waals surface area contributed by atoms with Gasteiger partial charge in [-0.2, -0.15) is 0 Å². The quantitative estimate of drug-likeness (QED) is 0.258. The minimum absolute atomic E-state index is 0.717. The molecule has 1 saturated heterocycles. The predicted octanol–water partition coefficient (Wildman–Crippen LogP) is -1.78. The first kappa shape index (κ1) is 11.4.